The number of halogens is 1. The Hall–Kier alpha value is -4.19. The summed E-state index contributed by atoms with van der Waals surface area (Å²) in [6, 6.07) is 25.8. The number of para-hydroxylation sites is 2. The molecule has 2 heterocycles. The molecular formula is C32H32FN3O2. The van der Waals surface area contributed by atoms with Crippen LogP contribution in [0.4, 0.5) is 10.1 Å². The van der Waals surface area contributed by atoms with E-state index in [2.05, 4.69) is 29.7 Å². The monoisotopic (exact) mass is 509 g/mol. The maximum atomic E-state index is 14.2. The van der Waals surface area contributed by atoms with Crippen LogP contribution in [0.2, 0.25) is 0 Å². The van der Waals surface area contributed by atoms with Crippen molar-refractivity contribution in [2.24, 2.45) is 0 Å². The topological polar surface area (TPSA) is 45.6 Å². The number of carbonyl (C=O) groups is 2. The Kier molecular flexibility index (Phi) is 7.40. The number of aryl methyl sites for hydroxylation is 1. The van der Waals surface area contributed by atoms with Gasteiger partial charge in [-0.2, -0.15) is 0 Å². The first-order valence-electron chi connectivity index (χ1n) is 13.1. The summed E-state index contributed by atoms with van der Waals surface area (Å²) in [5.41, 5.74) is 5.61. The van der Waals surface area contributed by atoms with Gasteiger partial charge in [-0.15, -0.1) is 0 Å². The molecule has 0 aliphatic carbocycles. The summed E-state index contributed by atoms with van der Waals surface area (Å²) in [5.74, 6) is -0.617. The molecule has 1 aliphatic heterocycles. The van der Waals surface area contributed by atoms with E-state index in [1.54, 1.807) is 17.0 Å². The third kappa shape index (κ3) is 5.12. The number of hydrogen-bond donors (Lipinski definition) is 0. The number of anilines is 1. The van der Waals surface area contributed by atoms with E-state index in [9.17, 15) is 14.0 Å². The lowest BCUT2D eigenvalue weighted by atomic mass is 9.96. The molecule has 5 nitrogen and oxygen atoms in total. The van der Waals surface area contributed by atoms with E-state index in [0.717, 1.165) is 46.6 Å². The first-order valence-corrected chi connectivity index (χ1v) is 13.1. The number of rotatable bonds is 8. The van der Waals surface area contributed by atoms with Gasteiger partial charge in [-0.3, -0.25) is 14.5 Å². The molecule has 0 saturated heterocycles. The average Bonchev–Trinajstić information content (AvgIpc) is 3.41. The zero-order chi connectivity index (χ0) is 26.6. The lowest BCUT2D eigenvalue weighted by Gasteiger charge is -2.39. The fourth-order valence-corrected chi connectivity index (χ4v) is 5.19. The van der Waals surface area contributed by atoms with Crippen molar-refractivity contribution in [1.29, 1.82) is 0 Å². The highest BCUT2D eigenvalue weighted by Gasteiger charge is 2.36. The summed E-state index contributed by atoms with van der Waals surface area (Å²) in [6.45, 7) is 4.57. The molecule has 0 bridgehead atoms. The number of aromatic nitrogens is 1. The summed E-state index contributed by atoms with van der Waals surface area (Å²) >= 11 is 0. The lowest BCUT2D eigenvalue weighted by Crippen LogP contribution is -2.47. The number of unbranched alkanes of at least 4 members (excludes halogenated alkanes) is 1. The minimum atomic E-state index is -0.338. The minimum Gasteiger partial charge on any atom is -0.333 e. The molecule has 0 spiro atoms. The Labute approximate surface area is 223 Å². The van der Waals surface area contributed by atoms with Crippen molar-refractivity contribution in [2.75, 3.05) is 18.0 Å². The second-order valence-corrected chi connectivity index (χ2v) is 9.84. The van der Waals surface area contributed by atoms with Gasteiger partial charge in [-0.25, -0.2) is 4.39 Å². The predicted molar refractivity (Wildman–Crippen MR) is 148 cm³/mol. The van der Waals surface area contributed by atoms with Crippen molar-refractivity contribution in [1.82, 2.24) is 9.47 Å². The van der Waals surface area contributed by atoms with Crippen LogP contribution in [-0.4, -0.2) is 34.4 Å². The van der Waals surface area contributed by atoms with Crippen LogP contribution in [0.5, 0.6) is 0 Å². The van der Waals surface area contributed by atoms with Crippen molar-refractivity contribution < 1.29 is 14.0 Å². The van der Waals surface area contributed by atoms with Crippen LogP contribution in [0.15, 0.2) is 91.1 Å². The van der Waals surface area contributed by atoms with Crippen molar-refractivity contribution in [2.45, 2.75) is 39.2 Å². The molecule has 1 aromatic heterocycles. The van der Waals surface area contributed by atoms with E-state index < -0.39 is 0 Å². The van der Waals surface area contributed by atoms with Crippen LogP contribution >= 0.6 is 0 Å². The van der Waals surface area contributed by atoms with Gasteiger partial charge in [0.15, 0.2) is 0 Å². The van der Waals surface area contributed by atoms with Gasteiger partial charge in [-0.05, 0) is 60.9 Å². The number of benzene rings is 3. The van der Waals surface area contributed by atoms with Crippen molar-refractivity contribution in [3.8, 4) is 5.69 Å². The quantitative estimate of drug-likeness (QED) is 0.283. The van der Waals surface area contributed by atoms with Crippen LogP contribution in [0.25, 0.3) is 5.69 Å². The Morgan fingerprint density at radius 3 is 2.42 bits per heavy atom. The maximum absolute atomic E-state index is 14.2. The smallest absolute Gasteiger partial charge is 0.247 e. The highest BCUT2D eigenvalue weighted by molar-refractivity contribution is 6.00. The third-order valence-corrected chi connectivity index (χ3v) is 7.08. The standard InChI is InChI=1S/C32H32FN3O2/c1-3-4-18-34(30(37)21-24-14-16-26(33)17-15-24)22-31(38)36-28-12-6-5-11-27(28)35-19-8-13-29(35)32(36)25-10-7-9-23(2)20-25/h5-17,19-20,32H,3-4,18,21-22H2,1-2H3. The van der Waals surface area contributed by atoms with Gasteiger partial charge in [0.2, 0.25) is 11.8 Å². The van der Waals surface area contributed by atoms with Gasteiger partial charge in [0, 0.05) is 12.7 Å². The molecule has 1 atom stereocenters. The van der Waals surface area contributed by atoms with E-state index in [-0.39, 0.29) is 36.6 Å². The second kappa shape index (κ2) is 11.1. The third-order valence-electron chi connectivity index (χ3n) is 7.08. The van der Waals surface area contributed by atoms with Gasteiger partial charge < -0.3 is 9.47 Å². The molecule has 0 N–H and O–H groups in total. The molecule has 0 radical (unpaired) electrons. The fourth-order valence-electron chi connectivity index (χ4n) is 5.19. The second-order valence-electron chi connectivity index (χ2n) is 9.84. The van der Waals surface area contributed by atoms with E-state index >= 15 is 0 Å². The summed E-state index contributed by atoms with van der Waals surface area (Å²) in [4.78, 5) is 31.1. The molecule has 38 heavy (non-hydrogen) atoms. The lowest BCUT2D eigenvalue weighted by molar-refractivity contribution is -0.134. The Bertz CT molecular complexity index is 1440. The first-order chi connectivity index (χ1) is 18.5. The molecule has 194 valence electrons. The van der Waals surface area contributed by atoms with Crippen LogP contribution in [0.1, 0.15) is 48.2 Å². The van der Waals surface area contributed by atoms with E-state index in [0.29, 0.717) is 6.54 Å². The van der Waals surface area contributed by atoms with Gasteiger partial charge in [0.05, 0.1) is 23.5 Å². The molecule has 2 amide bonds. The highest BCUT2D eigenvalue weighted by Crippen LogP contribution is 2.42. The van der Waals surface area contributed by atoms with E-state index in [4.69, 9.17) is 0 Å². The van der Waals surface area contributed by atoms with Crippen molar-refractivity contribution in [3.05, 3.63) is 119 Å². The van der Waals surface area contributed by atoms with Crippen LogP contribution < -0.4 is 4.90 Å². The van der Waals surface area contributed by atoms with E-state index in [1.807, 2.05) is 60.5 Å². The Morgan fingerprint density at radius 2 is 1.68 bits per heavy atom. The number of hydrogen-bond acceptors (Lipinski definition) is 2. The SMILES string of the molecule is CCCCN(CC(=O)N1c2ccccc2-n2cccc2C1c1cccc(C)c1)C(=O)Cc1ccc(F)cc1. The first kappa shape index (κ1) is 25.5. The molecule has 1 unspecified atom stereocenters. The molecule has 3 aromatic carbocycles. The summed E-state index contributed by atoms with van der Waals surface area (Å²) < 4.78 is 15.5. The molecule has 1 aliphatic rings. The number of fused-ring (bicyclic) bond motifs is 3. The van der Waals surface area contributed by atoms with E-state index in [1.165, 1.54) is 12.1 Å². The van der Waals surface area contributed by atoms with Crippen LogP contribution in [0.3, 0.4) is 0 Å². The Morgan fingerprint density at radius 1 is 0.921 bits per heavy atom. The van der Waals surface area contributed by atoms with Gasteiger partial charge in [0.25, 0.3) is 0 Å². The number of amides is 2. The maximum Gasteiger partial charge on any atom is 0.247 e. The average molecular weight is 510 g/mol. The normalized spacial score (nSPS) is 14.1. The molecule has 0 saturated carbocycles. The van der Waals surface area contributed by atoms with Crippen molar-refractivity contribution >= 4 is 17.5 Å². The largest absolute Gasteiger partial charge is 0.333 e. The fraction of sp³-hybridized carbons (Fsp3) is 0.250. The van der Waals surface area contributed by atoms with Crippen molar-refractivity contribution in [3.63, 3.8) is 0 Å². The summed E-state index contributed by atoms with van der Waals surface area (Å²) in [6.07, 6.45) is 3.85. The zero-order valence-corrected chi connectivity index (χ0v) is 21.8. The minimum absolute atomic E-state index is 0.0304. The molecular weight excluding hydrogens is 477 g/mol. The summed E-state index contributed by atoms with van der Waals surface area (Å²) in [5, 5.41) is 0. The molecule has 6 heteroatoms. The highest BCUT2D eigenvalue weighted by atomic mass is 19.1. The Balaban J connectivity index is 1.50. The zero-order valence-electron chi connectivity index (χ0n) is 21.8. The number of nitrogens with zero attached hydrogens (tertiary/aromatic N) is 3. The molecule has 0 fully saturated rings. The summed E-state index contributed by atoms with van der Waals surface area (Å²) in [7, 11) is 0. The molecule has 5 rings (SSSR count). The van der Waals surface area contributed by atoms with Gasteiger partial charge in [0.1, 0.15) is 18.4 Å². The number of carbonyl (C=O) groups excluding carboxylic acids is 2. The van der Waals surface area contributed by atoms with Gasteiger partial charge >= 0.3 is 0 Å². The van der Waals surface area contributed by atoms with Crippen LogP contribution in [-0.2, 0) is 16.0 Å². The predicted octanol–water partition coefficient (Wildman–Crippen LogP) is 6.23. The molecule has 4 aromatic rings. The van der Waals surface area contributed by atoms with Gasteiger partial charge in [-0.1, -0.05) is 67.4 Å². The van der Waals surface area contributed by atoms with Crippen LogP contribution in [0, 0.1) is 12.7 Å².